The zero-order chi connectivity index (χ0) is 16.7. The summed E-state index contributed by atoms with van der Waals surface area (Å²) in [6, 6.07) is 10.7. The van der Waals surface area contributed by atoms with E-state index in [1.807, 2.05) is 6.07 Å². The number of benzene rings is 1. The molecule has 1 aromatic rings. The highest BCUT2D eigenvalue weighted by molar-refractivity contribution is 5.77. The molecule has 1 amide bonds. The second-order valence-electron chi connectivity index (χ2n) is 7.30. The topological polar surface area (TPSA) is 46.3 Å². The molecule has 2 unspecified atom stereocenters. The summed E-state index contributed by atoms with van der Waals surface area (Å²) in [6.07, 6.45) is 9.45. The molecular formula is C20H32N2O. The molecule has 0 aliphatic heterocycles. The van der Waals surface area contributed by atoms with Crippen LogP contribution in [0, 0.1) is 11.8 Å². The summed E-state index contributed by atoms with van der Waals surface area (Å²) in [5.74, 6) is 0.527. The Kier molecular flexibility index (Phi) is 7.10. The highest BCUT2D eigenvalue weighted by Crippen LogP contribution is 2.31. The number of carbonyl (C=O) groups is 1. The fourth-order valence-corrected chi connectivity index (χ4v) is 4.02. The minimum atomic E-state index is -0.123. The van der Waals surface area contributed by atoms with Crippen LogP contribution in [0.15, 0.2) is 30.3 Å². The molecule has 3 nitrogen and oxygen atoms in total. The van der Waals surface area contributed by atoms with Gasteiger partial charge in [0.2, 0.25) is 5.91 Å². The molecule has 3 heteroatoms. The molecule has 2 N–H and O–H groups in total. The Labute approximate surface area is 141 Å². The highest BCUT2D eigenvalue weighted by atomic mass is 16.1. The Morgan fingerprint density at radius 1 is 1.17 bits per heavy atom. The predicted molar refractivity (Wildman–Crippen MR) is 96.1 cm³/mol. The van der Waals surface area contributed by atoms with Crippen LogP contribution in [-0.2, 0) is 11.2 Å². The van der Waals surface area contributed by atoms with Gasteiger partial charge in [0.05, 0.1) is 5.92 Å². The number of carbonyl (C=O) groups excluding carboxylic acids is 1. The molecule has 0 heterocycles. The van der Waals surface area contributed by atoms with E-state index >= 15 is 0 Å². The monoisotopic (exact) mass is 316 g/mol. The molecule has 1 aromatic carbocycles. The van der Waals surface area contributed by atoms with Crippen molar-refractivity contribution in [3.8, 4) is 0 Å². The Morgan fingerprint density at radius 2 is 1.83 bits per heavy atom. The molecule has 23 heavy (non-hydrogen) atoms. The van der Waals surface area contributed by atoms with Crippen molar-refractivity contribution in [2.45, 2.75) is 57.4 Å². The van der Waals surface area contributed by atoms with Gasteiger partial charge in [-0.2, -0.15) is 0 Å². The van der Waals surface area contributed by atoms with Crippen molar-refractivity contribution in [3.63, 3.8) is 0 Å². The normalized spacial score (nSPS) is 18.7. The van der Waals surface area contributed by atoms with Gasteiger partial charge in [-0.3, -0.25) is 4.79 Å². The Morgan fingerprint density at radius 3 is 2.39 bits per heavy atom. The lowest BCUT2D eigenvalue weighted by atomic mass is 9.79. The minimum Gasteiger partial charge on any atom is -0.369 e. The second-order valence-corrected chi connectivity index (χ2v) is 7.30. The third-order valence-electron chi connectivity index (χ3n) is 5.38. The Balaban J connectivity index is 2.00. The molecule has 0 saturated heterocycles. The van der Waals surface area contributed by atoms with Crippen LogP contribution in [0.25, 0.3) is 0 Å². The molecular weight excluding hydrogens is 284 g/mol. The first-order chi connectivity index (χ1) is 11.1. The van der Waals surface area contributed by atoms with Crippen molar-refractivity contribution in [1.29, 1.82) is 0 Å². The van der Waals surface area contributed by atoms with Gasteiger partial charge in [-0.05, 0) is 44.8 Å². The smallest absolute Gasteiger partial charge is 0.222 e. The third kappa shape index (κ3) is 5.65. The van der Waals surface area contributed by atoms with E-state index in [2.05, 4.69) is 43.3 Å². The van der Waals surface area contributed by atoms with Gasteiger partial charge in [0.1, 0.15) is 0 Å². The zero-order valence-corrected chi connectivity index (χ0v) is 14.7. The van der Waals surface area contributed by atoms with Gasteiger partial charge in [0.25, 0.3) is 0 Å². The van der Waals surface area contributed by atoms with E-state index in [1.165, 1.54) is 37.7 Å². The largest absolute Gasteiger partial charge is 0.369 e. The predicted octanol–water partition coefficient (Wildman–Crippen LogP) is 3.62. The average Bonchev–Trinajstić information content (AvgIpc) is 2.55. The van der Waals surface area contributed by atoms with Crippen molar-refractivity contribution in [1.82, 2.24) is 4.90 Å². The molecule has 1 saturated carbocycles. The van der Waals surface area contributed by atoms with Gasteiger partial charge < -0.3 is 10.6 Å². The number of aryl methyl sites for hydroxylation is 1. The van der Waals surface area contributed by atoms with E-state index in [0.717, 1.165) is 19.3 Å². The standard InChI is InChI=1S/C20H32N2O/c1-22(2)19(14-13-16-9-5-3-6-10-16)18(20(21)23)15-17-11-7-4-8-12-17/h3,5-6,9-10,17-19H,4,7-8,11-15H2,1-2H3,(H2,21,23). The van der Waals surface area contributed by atoms with Crippen molar-refractivity contribution in [2.24, 2.45) is 17.6 Å². The summed E-state index contributed by atoms with van der Waals surface area (Å²) < 4.78 is 0. The average molecular weight is 316 g/mol. The van der Waals surface area contributed by atoms with Gasteiger partial charge >= 0.3 is 0 Å². The van der Waals surface area contributed by atoms with Gasteiger partial charge in [0.15, 0.2) is 0 Å². The van der Waals surface area contributed by atoms with Gasteiger partial charge in [-0.15, -0.1) is 0 Å². The molecule has 0 aromatic heterocycles. The number of primary amides is 1. The molecule has 128 valence electrons. The Hall–Kier alpha value is -1.35. The van der Waals surface area contributed by atoms with E-state index in [4.69, 9.17) is 5.73 Å². The fraction of sp³-hybridized carbons (Fsp3) is 0.650. The van der Waals surface area contributed by atoms with E-state index in [1.54, 1.807) is 0 Å². The van der Waals surface area contributed by atoms with Crippen LogP contribution < -0.4 is 5.73 Å². The van der Waals surface area contributed by atoms with Crippen LogP contribution in [0.4, 0.5) is 0 Å². The van der Waals surface area contributed by atoms with Crippen molar-refractivity contribution < 1.29 is 4.79 Å². The van der Waals surface area contributed by atoms with Crippen molar-refractivity contribution in [3.05, 3.63) is 35.9 Å². The lowest BCUT2D eigenvalue weighted by Gasteiger charge is -2.34. The maximum Gasteiger partial charge on any atom is 0.222 e. The fourth-order valence-electron chi connectivity index (χ4n) is 4.02. The number of hydrogen-bond donors (Lipinski definition) is 1. The molecule has 2 rings (SSSR count). The number of nitrogens with zero attached hydrogens (tertiary/aromatic N) is 1. The van der Waals surface area contributed by atoms with E-state index in [-0.39, 0.29) is 17.9 Å². The molecule has 2 atom stereocenters. The first kappa shape index (κ1) is 18.0. The molecule has 1 fully saturated rings. The minimum absolute atomic E-state index is 0.0307. The molecule has 0 bridgehead atoms. The van der Waals surface area contributed by atoms with Crippen LogP contribution in [0.3, 0.4) is 0 Å². The number of hydrogen-bond acceptors (Lipinski definition) is 2. The van der Waals surface area contributed by atoms with Crippen LogP contribution in [0.1, 0.15) is 50.5 Å². The van der Waals surface area contributed by atoms with Gasteiger partial charge in [-0.25, -0.2) is 0 Å². The van der Waals surface area contributed by atoms with E-state index < -0.39 is 0 Å². The zero-order valence-electron chi connectivity index (χ0n) is 14.7. The van der Waals surface area contributed by atoms with Crippen molar-refractivity contribution in [2.75, 3.05) is 14.1 Å². The molecule has 0 radical (unpaired) electrons. The summed E-state index contributed by atoms with van der Waals surface area (Å²) in [6.45, 7) is 0. The second kappa shape index (κ2) is 9.07. The maximum atomic E-state index is 12.1. The Bertz CT molecular complexity index is 466. The molecule has 1 aliphatic carbocycles. The summed E-state index contributed by atoms with van der Waals surface area (Å²) in [5.41, 5.74) is 7.13. The summed E-state index contributed by atoms with van der Waals surface area (Å²) in [5, 5.41) is 0. The number of rotatable bonds is 8. The summed E-state index contributed by atoms with van der Waals surface area (Å²) in [7, 11) is 4.15. The summed E-state index contributed by atoms with van der Waals surface area (Å²) >= 11 is 0. The lowest BCUT2D eigenvalue weighted by Crippen LogP contribution is -2.43. The van der Waals surface area contributed by atoms with Gasteiger partial charge in [0, 0.05) is 6.04 Å². The van der Waals surface area contributed by atoms with E-state index in [0.29, 0.717) is 5.92 Å². The quantitative estimate of drug-likeness (QED) is 0.796. The van der Waals surface area contributed by atoms with Gasteiger partial charge in [-0.1, -0.05) is 62.4 Å². The number of nitrogens with two attached hydrogens (primary N) is 1. The van der Waals surface area contributed by atoms with Crippen molar-refractivity contribution >= 4 is 5.91 Å². The number of amides is 1. The van der Waals surface area contributed by atoms with Crippen LogP contribution in [0.5, 0.6) is 0 Å². The molecule has 0 spiro atoms. The highest BCUT2D eigenvalue weighted by Gasteiger charge is 2.31. The first-order valence-electron chi connectivity index (χ1n) is 9.07. The third-order valence-corrected chi connectivity index (χ3v) is 5.38. The molecule has 1 aliphatic rings. The lowest BCUT2D eigenvalue weighted by molar-refractivity contribution is -0.124. The first-order valence-corrected chi connectivity index (χ1v) is 9.07. The van der Waals surface area contributed by atoms with E-state index in [9.17, 15) is 4.79 Å². The van der Waals surface area contributed by atoms with Crippen LogP contribution >= 0.6 is 0 Å². The van der Waals surface area contributed by atoms with Crippen LogP contribution in [-0.4, -0.2) is 30.9 Å². The summed E-state index contributed by atoms with van der Waals surface area (Å²) in [4.78, 5) is 14.3. The SMILES string of the molecule is CN(C)C(CCc1ccccc1)C(CC1CCCCC1)C(N)=O. The maximum absolute atomic E-state index is 12.1. The van der Waals surface area contributed by atoms with Crippen LogP contribution in [0.2, 0.25) is 0 Å².